The van der Waals surface area contributed by atoms with Gasteiger partial charge in [0.2, 0.25) is 5.88 Å². The number of aromatic nitrogens is 4. The largest absolute Gasteiger partial charge is 0.481 e. The van der Waals surface area contributed by atoms with Crippen molar-refractivity contribution < 1.29 is 23.4 Å². The van der Waals surface area contributed by atoms with Gasteiger partial charge in [0, 0.05) is 41.5 Å². The van der Waals surface area contributed by atoms with Crippen LogP contribution in [0.25, 0.3) is 39.5 Å². The molecule has 0 bridgehead atoms. The third-order valence-electron chi connectivity index (χ3n) is 9.16. The number of aliphatic carboxylic acids is 1. The van der Waals surface area contributed by atoms with Crippen molar-refractivity contribution in [3.63, 3.8) is 0 Å². The van der Waals surface area contributed by atoms with Gasteiger partial charge in [-0.25, -0.2) is 23.7 Å². The van der Waals surface area contributed by atoms with Gasteiger partial charge in [0.25, 0.3) is 6.43 Å². The molecule has 264 valence electrons. The number of nitrogens with one attached hydrogen (secondary N) is 1. The summed E-state index contributed by atoms with van der Waals surface area (Å²) in [5.41, 5.74) is 5.01. The Morgan fingerprint density at radius 3 is 2.43 bits per heavy atom. The number of pyridine rings is 2. The standard InChI is InChI=1S/C38H36Cl2F2N6O3/c1-4-21-17-30-33(43-18-21)35(47-36(45-30)34(41)42)44-29-10-6-8-26(32(29)40)25-7-5-9-27(31(25)39)28-16-15-24(37(46-28)51-3)20-48(2)19-22-11-13-23(14-12-22)38(49)50/h4-10,15-18,22-23,34H,1,11-14,19-20H2,2-3H3,(H,49,50)(H,44,45,47). The van der Waals surface area contributed by atoms with Crippen LogP contribution in [0.15, 0.2) is 67.4 Å². The van der Waals surface area contributed by atoms with Crippen LogP contribution in [0, 0.1) is 11.8 Å². The van der Waals surface area contributed by atoms with Crippen LogP contribution in [-0.2, 0) is 11.3 Å². The number of alkyl halides is 2. The Morgan fingerprint density at radius 2 is 1.75 bits per heavy atom. The highest BCUT2D eigenvalue weighted by Crippen LogP contribution is 2.42. The van der Waals surface area contributed by atoms with Crippen molar-refractivity contribution in [1.29, 1.82) is 0 Å². The quantitative estimate of drug-likeness (QED) is 0.129. The number of anilines is 2. The monoisotopic (exact) mass is 732 g/mol. The van der Waals surface area contributed by atoms with Gasteiger partial charge < -0.3 is 20.1 Å². The predicted molar refractivity (Wildman–Crippen MR) is 197 cm³/mol. The smallest absolute Gasteiger partial charge is 0.306 e. The van der Waals surface area contributed by atoms with Gasteiger partial charge in [-0.1, -0.05) is 72.3 Å². The number of benzene rings is 2. The molecule has 1 saturated carbocycles. The van der Waals surface area contributed by atoms with Crippen molar-refractivity contribution in [2.75, 3.05) is 26.0 Å². The lowest BCUT2D eigenvalue weighted by Gasteiger charge is -2.29. The summed E-state index contributed by atoms with van der Waals surface area (Å²) >= 11 is 14.0. The third kappa shape index (κ3) is 7.96. The minimum absolute atomic E-state index is 0.0809. The summed E-state index contributed by atoms with van der Waals surface area (Å²) in [5.74, 6) is -0.563. The lowest BCUT2D eigenvalue weighted by molar-refractivity contribution is -0.143. The number of fused-ring (bicyclic) bond motifs is 1. The number of methoxy groups -OCH3 is 1. The van der Waals surface area contributed by atoms with Crippen molar-refractivity contribution in [3.8, 4) is 28.3 Å². The van der Waals surface area contributed by atoms with E-state index in [1.807, 2.05) is 43.4 Å². The van der Waals surface area contributed by atoms with Crippen molar-refractivity contribution >= 4 is 57.8 Å². The van der Waals surface area contributed by atoms with Gasteiger partial charge in [0.15, 0.2) is 11.6 Å². The molecule has 0 atom stereocenters. The fraction of sp³-hybridized carbons (Fsp3) is 0.289. The highest BCUT2D eigenvalue weighted by Gasteiger charge is 2.27. The van der Waals surface area contributed by atoms with Crippen LogP contribution < -0.4 is 10.1 Å². The van der Waals surface area contributed by atoms with E-state index in [1.54, 1.807) is 37.6 Å². The Labute approximate surface area is 304 Å². The molecule has 2 N–H and O–H groups in total. The molecule has 51 heavy (non-hydrogen) atoms. The molecule has 0 spiro atoms. The Balaban J connectivity index is 1.25. The number of halogens is 4. The second-order valence-corrected chi connectivity index (χ2v) is 13.4. The first-order valence-electron chi connectivity index (χ1n) is 16.4. The molecular weight excluding hydrogens is 697 g/mol. The zero-order chi connectivity index (χ0) is 36.2. The second-order valence-electron chi connectivity index (χ2n) is 12.6. The minimum Gasteiger partial charge on any atom is -0.481 e. The normalized spacial score (nSPS) is 16.1. The summed E-state index contributed by atoms with van der Waals surface area (Å²) in [7, 11) is 3.63. The van der Waals surface area contributed by atoms with Crippen molar-refractivity contribution in [2.45, 2.75) is 38.7 Å². The summed E-state index contributed by atoms with van der Waals surface area (Å²) in [4.78, 5) is 30.8. The van der Waals surface area contributed by atoms with E-state index in [4.69, 9.17) is 32.9 Å². The highest BCUT2D eigenvalue weighted by molar-refractivity contribution is 6.39. The summed E-state index contributed by atoms with van der Waals surface area (Å²) < 4.78 is 33.2. The lowest BCUT2D eigenvalue weighted by atomic mass is 9.82. The molecule has 2 aromatic carbocycles. The molecule has 0 aliphatic heterocycles. The number of rotatable bonds is 12. The molecule has 0 saturated heterocycles. The molecular formula is C38H36Cl2F2N6O3. The third-order valence-corrected chi connectivity index (χ3v) is 9.97. The van der Waals surface area contributed by atoms with E-state index in [0.717, 1.165) is 37.8 Å². The lowest BCUT2D eigenvalue weighted by Crippen LogP contribution is -2.30. The van der Waals surface area contributed by atoms with E-state index < -0.39 is 18.2 Å². The van der Waals surface area contributed by atoms with Crippen molar-refractivity contribution in [1.82, 2.24) is 24.8 Å². The molecule has 9 nitrogen and oxygen atoms in total. The van der Waals surface area contributed by atoms with Gasteiger partial charge in [-0.15, -0.1) is 0 Å². The molecule has 1 aliphatic rings. The van der Waals surface area contributed by atoms with Crippen LogP contribution in [0.4, 0.5) is 20.3 Å². The van der Waals surface area contributed by atoms with Gasteiger partial charge in [-0.3, -0.25) is 9.78 Å². The molecule has 3 heterocycles. The summed E-state index contributed by atoms with van der Waals surface area (Å²) in [6.07, 6.45) is 3.45. The zero-order valence-electron chi connectivity index (χ0n) is 28.0. The van der Waals surface area contributed by atoms with Crippen LogP contribution in [0.2, 0.25) is 10.0 Å². The van der Waals surface area contributed by atoms with Gasteiger partial charge in [-0.05, 0) is 62.4 Å². The molecule has 3 aromatic heterocycles. The summed E-state index contributed by atoms with van der Waals surface area (Å²) in [6.45, 7) is 5.18. The molecule has 1 aliphatic carbocycles. The number of hydrogen-bond donors (Lipinski definition) is 2. The number of hydrogen-bond acceptors (Lipinski definition) is 8. The van der Waals surface area contributed by atoms with Crippen LogP contribution in [0.1, 0.15) is 49.1 Å². The minimum atomic E-state index is -2.90. The molecule has 6 rings (SSSR count). The van der Waals surface area contributed by atoms with Crippen LogP contribution in [-0.4, -0.2) is 56.6 Å². The highest BCUT2D eigenvalue weighted by atomic mass is 35.5. The van der Waals surface area contributed by atoms with Crippen LogP contribution in [0.5, 0.6) is 5.88 Å². The number of ether oxygens (including phenoxy) is 1. The maximum Gasteiger partial charge on any atom is 0.306 e. The average molecular weight is 734 g/mol. The Kier molecular flexibility index (Phi) is 11.1. The van der Waals surface area contributed by atoms with E-state index in [0.29, 0.717) is 67.5 Å². The first-order valence-corrected chi connectivity index (χ1v) is 17.2. The van der Waals surface area contributed by atoms with E-state index in [1.165, 1.54) is 0 Å². The Morgan fingerprint density at radius 1 is 1.04 bits per heavy atom. The van der Waals surface area contributed by atoms with E-state index in [-0.39, 0.29) is 17.3 Å². The second kappa shape index (κ2) is 15.7. The first kappa shape index (κ1) is 36.1. The van der Waals surface area contributed by atoms with Crippen LogP contribution >= 0.6 is 23.2 Å². The molecule has 1 fully saturated rings. The Hall–Kier alpha value is -4.71. The number of carboxylic acid groups (broad SMARTS) is 1. The predicted octanol–water partition coefficient (Wildman–Crippen LogP) is 9.72. The number of carboxylic acids is 1. The fourth-order valence-corrected chi connectivity index (χ4v) is 7.15. The van der Waals surface area contributed by atoms with E-state index >= 15 is 0 Å². The van der Waals surface area contributed by atoms with Crippen LogP contribution in [0.3, 0.4) is 0 Å². The number of carbonyl (C=O) groups is 1. The topological polar surface area (TPSA) is 113 Å². The van der Waals surface area contributed by atoms with Gasteiger partial charge in [0.1, 0.15) is 5.52 Å². The fourth-order valence-electron chi connectivity index (χ4n) is 6.56. The number of nitrogens with zero attached hydrogens (tertiary/aromatic N) is 5. The molecule has 13 heteroatoms. The summed E-state index contributed by atoms with van der Waals surface area (Å²) in [5, 5.41) is 13.1. The zero-order valence-corrected chi connectivity index (χ0v) is 29.6. The average Bonchev–Trinajstić information content (AvgIpc) is 3.12. The molecule has 0 radical (unpaired) electrons. The molecule has 0 amide bonds. The van der Waals surface area contributed by atoms with Gasteiger partial charge in [0.05, 0.1) is 40.0 Å². The molecule has 0 unspecified atom stereocenters. The van der Waals surface area contributed by atoms with Crippen molar-refractivity contribution in [2.24, 2.45) is 11.8 Å². The van der Waals surface area contributed by atoms with Crippen molar-refractivity contribution in [3.05, 3.63) is 94.4 Å². The molecule has 5 aromatic rings. The van der Waals surface area contributed by atoms with E-state index in [2.05, 4.69) is 31.7 Å². The maximum absolute atomic E-state index is 13.8. The SMILES string of the molecule is C=Cc1cnc2c(Nc3cccc(-c4cccc(-c5ccc(CN(C)CC6CCC(C(=O)O)CC6)c(OC)n5)c4Cl)c3Cl)nc(C(F)F)nc2c1. The maximum atomic E-state index is 13.8. The van der Waals surface area contributed by atoms with E-state index in [9.17, 15) is 18.7 Å². The summed E-state index contributed by atoms with van der Waals surface area (Å²) in [6, 6.07) is 16.4. The van der Waals surface area contributed by atoms with Gasteiger partial charge >= 0.3 is 5.97 Å². The first-order chi connectivity index (χ1) is 24.6. The Bertz CT molecular complexity index is 2090. The van der Waals surface area contributed by atoms with Gasteiger partial charge in [-0.2, -0.15) is 0 Å².